The van der Waals surface area contributed by atoms with Gasteiger partial charge in [-0.05, 0) is 55.8 Å². The molecule has 2 rings (SSSR count). The highest BCUT2D eigenvalue weighted by atomic mass is 32.2. The third-order valence-corrected chi connectivity index (χ3v) is 6.16. The predicted molar refractivity (Wildman–Crippen MR) is 107 cm³/mol. The summed E-state index contributed by atoms with van der Waals surface area (Å²) in [4.78, 5) is 24.5. The number of nitrogens with zero attached hydrogens (tertiary/aromatic N) is 1. The zero-order valence-corrected chi connectivity index (χ0v) is 18.0. The van der Waals surface area contributed by atoms with Crippen LogP contribution < -0.4 is 5.32 Å². The van der Waals surface area contributed by atoms with Gasteiger partial charge in [0.1, 0.15) is 0 Å². The second kappa shape index (κ2) is 9.06. The fourth-order valence-corrected chi connectivity index (χ4v) is 3.35. The lowest BCUT2D eigenvalue weighted by Crippen LogP contribution is -2.30. The maximum absolute atomic E-state index is 12.6. The van der Waals surface area contributed by atoms with E-state index in [0.717, 1.165) is 28.6 Å². The lowest BCUT2D eigenvalue weighted by molar-refractivity contribution is -0.137. The summed E-state index contributed by atoms with van der Waals surface area (Å²) in [6.07, 6.45) is -5.83. The van der Waals surface area contributed by atoms with Gasteiger partial charge in [-0.15, -0.1) is 0 Å². The molecule has 0 aliphatic carbocycles. The molecule has 1 N–H and O–H groups in total. The molecule has 2 aromatic rings. The average molecular weight is 458 g/mol. The Morgan fingerprint density at radius 3 is 2.16 bits per heavy atom. The van der Waals surface area contributed by atoms with E-state index in [9.17, 15) is 31.2 Å². The van der Waals surface area contributed by atoms with Crippen LogP contribution in [0.25, 0.3) is 0 Å². The number of benzene rings is 2. The number of nitrogens with one attached hydrogen (secondary N) is 1. The summed E-state index contributed by atoms with van der Waals surface area (Å²) in [5.74, 6) is -1.71. The quantitative estimate of drug-likeness (QED) is 0.670. The highest BCUT2D eigenvalue weighted by Gasteiger charge is 2.30. The minimum Gasteiger partial charge on any atom is -0.449 e. The Labute approximate surface area is 177 Å². The lowest BCUT2D eigenvalue weighted by Gasteiger charge is -2.17. The van der Waals surface area contributed by atoms with Crippen LogP contribution in [0.5, 0.6) is 0 Å². The summed E-state index contributed by atoms with van der Waals surface area (Å²) in [5, 5.41) is 2.50. The summed E-state index contributed by atoms with van der Waals surface area (Å²) in [5.41, 5.74) is -0.279. The Hall–Kier alpha value is -2.92. The zero-order valence-electron chi connectivity index (χ0n) is 17.1. The maximum atomic E-state index is 12.6. The molecule has 0 radical (unpaired) electrons. The van der Waals surface area contributed by atoms with Gasteiger partial charge >= 0.3 is 12.1 Å². The largest absolute Gasteiger partial charge is 0.449 e. The van der Waals surface area contributed by atoms with Crippen molar-refractivity contribution in [1.82, 2.24) is 4.31 Å². The van der Waals surface area contributed by atoms with E-state index in [-0.39, 0.29) is 16.1 Å². The second-order valence-corrected chi connectivity index (χ2v) is 9.03. The van der Waals surface area contributed by atoms with Gasteiger partial charge in [0.05, 0.1) is 16.0 Å². The van der Waals surface area contributed by atoms with Crippen molar-refractivity contribution in [3.05, 3.63) is 59.2 Å². The van der Waals surface area contributed by atoms with E-state index >= 15 is 0 Å². The summed E-state index contributed by atoms with van der Waals surface area (Å²) in [6, 6.07) is 7.58. The first kappa shape index (κ1) is 24.4. The molecule has 7 nitrogen and oxygen atoms in total. The van der Waals surface area contributed by atoms with Gasteiger partial charge in [0.25, 0.3) is 5.91 Å². The number of carbonyl (C=O) groups excluding carboxylic acids is 2. The molecule has 1 amide bonds. The van der Waals surface area contributed by atoms with Crippen LogP contribution in [0.3, 0.4) is 0 Å². The van der Waals surface area contributed by atoms with E-state index in [1.54, 1.807) is 6.92 Å². The van der Waals surface area contributed by atoms with Gasteiger partial charge in [0, 0.05) is 19.8 Å². The number of alkyl halides is 3. The first-order valence-corrected chi connectivity index (χ1v) is 10.4. The fourth-order valence-electron chi connectivity index (χ4n) is 2.42. The van der Waals surface area contributed by atoms with E-state index in [0.29, 0.717) is 5.56 Å². The molecule has 0 bridgehead atoms. The molecule has 31 heavy (non-hydrogen) atoms. The second-order valence-electron chi connectivity index (χ2n) is 6.88. The van der Waals surface area contributed by atoms with Crippen LogP contribution >= 0.6 is 0 Å². The Kier molecular flexibility index (Phi) is 7.12. The Balaban J connectivity index is 2.11. The summed E-state index contributed by atoms with van der Waals surface area (Å²) in [6.45, 7) is 2.94. The van der Waals surface area contributed by atoms with E-state index in [4.69, 9.17) is 4.74 Å². The van der Waals surface area contributed by atoms with Crippen LogP contribution in [0.4, 0.5) is 18.9 Å². The molecular formula is C20H21F3N2O5S. The minimum absolute atomic E-state index is 0.0344. The third-order valence-electron chi connectivity index (χ3n) is 4.35. The molecular weight excluding hydrogens is 437 g/mol. The van der Waals surface area contributed by atoms with Gasteiger partial charge in [-0.2, -0.15) is 13.2 Å². The van der Waals surface area contributed by atoms with Crippen LogP contribution in [-0.4, -0.2) is 44.8 Å². The molecule has 0 saturated carbocycles. The lowest BCUT2D eigenvalue weighted by atomic mass is 10.1. The molecule has 0 aliphatic rings. The smallest absolute Gasteiger partial charge is 0.416 e. The fraction of sp³-hybridized carbons (Fsp3) is 0.300. The topological polar surface area (TPSA) is 92.8 Å². The standard InChI is InChI=1S/C20H21F3N2O5S/c1-12-5-10-16(31(28,29)25(3)4)11-17(12)24-18(26)13(2)30-19(27)14-6-8-15(9-7-14)20(21,22)23/h5-11,13H,1-4H3,(H,24,26)/t13-/m0/s1. The summed E-state index contributed by atoms with van der Waals surface area (Å²) >= 11 is 0. The van der Waals surface area contributed by atoms with Crippen LogP contribution in [0.1, 0.15) is 28.4 Å². The molecule has 0 aromatic heterocycles. The highest BCUT2D eigenvalue weighted by molar-refractivity contribution is 7.89. The van der Waals surface area contributed by atoms with E-state index < -0.39 is 39.7 Å². The van der Waals surface area contributed by atoms with Crippen molar-refractivity contribution in [2.45, 2.75) is 31.0 Å². The number of hydrogen-bond acceptors (Lipinski definition) is 5. The number of carbonyl (C=O) groups is 2. The monoisotopic (exact) mass is 458 g/mol. The molecule has 0 saturated heterocycles. The van der Waals surface area contributed by atoms with Crippen molar-refractivity contribution in [3.8, 4) is 0 Å². The van der Waals surface area contributed by atoms with Gasteiger partial charge in [-0.1, -0.05) is 6.07 Å². The average Bonchev–Trinajstić information content (AvgIpc) is 2.68. The van der Waals surface area contributed by atoms with E-state index in [1.807, 2.05) is 0 Å². The van der Waals surface area contributed by atoms with Gasteiger partial charge in [-0.3, -0.25) is 4.79 Å². The number of rotatable bonds is 6. The first-order valence-electron chi connectivity index (χ1n) is 8.95. The van der Waals surface area contributed by atoms with Crippen LogP contribution in [-0.2, 0) is 25.7 Å². The number of aryl methyl sites for hydroxylation is 1. The third kappa shape index (κ3) is 5.82. The van der Waals surface area contributed by atoms with Crippen molar-refractivity contribution in [1.29, 1.82) is 0 Å². The summed E-state index contributed by atoms with van der Waals surface area (Å²) in [7, 11) is -0.982. The highest BCUT2D eigenvalue weighted by Crippen LogP contribution is 2.29. The van der Waals surface area contributed by atoms with Crippen molar-refractivity contribution >= 4 is 27.6 Å². The summed E-state index contributed by atoms with van der Waals surface area (Å²) < 4.78 is 68.4. The molecule has 0 fully saturated rings. The van der Waals surface area contributed by atoms with Crippen LogP contribution in [0.15, 0.2) is 47.4 Å². The Morgan fingerprint density at radius 1 is 1.06 bits per heavy atom. The SMILES string of the molecule is Cc1ccc(S(=O)(=O)N(C)C)cc1NC(=O)[C@H](C)OC(=O)c1ccc(C(F)(F)F)cc1. The number of ether oxygens (including phenoxy) is 1. The Bertz CT molecular complexity index is 1080. The molecule has 0 aliphatic heterocycles. The molecule has 11 heteroatoms. The Morgan fingerprint density at radius 2 is 1.65 bits per heavy atom. The molecule has 0 spiro atoms. The number of halogens is 3. The minimum atomic E-state index is -4.54. The van der Waals surface area contributed by atoms with Crippen molar-refractivity contribution in [2.75, 3.05) is 19.4 Å². The number of amides is 1. The van der Waals surface area contributed by atoms with Crippen molar-refractivity contribution in [3.63, 3.8) is 0 Å². The predicted octanol–water partition coefficient (Wildman–Crippen LogP) is 3.45. The van der Waals surface area contributed by atoms with Crippen LogP contribution in [0, 0.1) is 6.92 Å². The molecule has 1 atom stereocenters. The zero-order chi connectivity index (χ0) is 23.6. The first-order chi connectivity index (χ1) is 14.2. The molecule has 168 valence electrons. The van der Waals surface area contributed by atoms with Gasteiger partial charge in [0.2, 0.25) is 10.0 Å². The van der Waals surface area contributed by atoms with Crippen LogP contribution in [0.2, 0.25) is 0 Å². The molecule has 0 heterocycles. The molecule has 2 aromatic carbocycles. The number of anilines is 1. The normalized spacial score (nSPS) is 13.0. The number of esters is 1. The maximum Gasteiger partial charge on any atom is 0.416 e. The van der Waals surface area contributed by atoms with Gasteiger partial charge in [0.15, 0.2) is 6.10 Å². The number of sulfonamides is 1. The van der Waals surface area contributed by atoms with E-state index in [1.165, 1.54) is 39.2 Å². The number of hydrogen-bond donors (Lipinski definition) is 1. The van der Waals surface area contributed by atoms with Crippen molar-refractivity contribution < 1.29 is 35.9 Å². The van der Waals surface area contributed by atoms with E-state index in [2.05, 4.69) is 5.32 Å². The van der Waals surface area contributed by atoms with Gasteiger partial charge < -0.3 is 10.1 Å². The molecule has 0 unspecified atom stereocenters. The van der Waals surface area contributed by atoms with Gasteiger partial charge in [-0.25, -0.2) is 17.5 Å². The van der Waals surface area contributed by atoms with Crippen molar-refractivity contribution in [2.24, 2.45) is 0 Å².